The first-order valence-corrected chi connectivity index (χ1v) is 4.24. The first kappa shape index (κ1) is 7.27. The SMILES string of the molecule is Clc1ncnc2c1C(Br)NN2. The second kappa shape index (κ2) is 2.58. The molecule has 0 saturated carbocycles. The van der Waals surface area contributed by atoms with Crippen LogP contribution >= 0.6 is 27.5 Å². The van der Waals surface area contributed by atoms with Crippen LogP contribution in [0.5, 0.6) is 0 Å². The van der Waals surface area contributed by atoms with Crippen LogP contribution in [0.2, 0.25) is 5.15 Å². The Hall–Kier alpha value is -0.390. The van der Waals surface area contributed by atoms with E-state index in [-0.39, 0.29) is 4.95 Å². The highest BCUT2D eigenvalue weighted by atomic mass is 79.9. The van der Waals surface area contributed by atoms with Crippen LogP contribution in [0.25, 0.3) is 0 Å². The third kappa shape index (κ3) is 1.09. The highest BCUT2D eigenvalue weighted by Gasteiger charge is 2.23. The highest BCUT2D eigenvalue weighted by Crippen LogP contribution is 2.34. The number of rotatable bonds is 0. The Morgan fingerprint density at radius 1 is 1.55 bits per heavy atom. The number of hydrazine groups is 1. The maximum absolute atomic E-state index is 5.80. The average Bonchev–Trinajstić information content (AvgIpc) is 2.34. The second-order valence-electron chi connectivity index (χ2n) is 2.06. The van der Waals surface area contributed by atoms with E-state index >= 15 is 0 Å². The maximum Gasteiger partial charge on any atom is 0.150 e. The molecular weight excluding hydrogens is 231 g/mol. The monoisotopic (exact) mass is 234 g/mol. The van der Waals surface area contributed by atoms with E-state index < -0.39 is 0 Å². The summed E-state index contributed by atoms with van der Waals surface area (Å²) in [5.74, 6) is 0.729. The van der Waals surface area contributed by atoms with Gasteiger partial charge in [-0.15, -0.1) is 0 Å². The topological polar surface area (TPSA) is 49.8 Å². The lowest BCUT2D eigenvalue weighted by atomic mass is 10.3. The average molecular weight is 235 g/mol. The molecule has 4 nitrogen and oxygen atoms in total. The number of fused-ring (bicyclic) bond motifs is 1. The van der Waals surface area contributed by atoms with Gasteiger partial charge in [-0.25, -0.2) is 15.4 Å². The molecule has 1 aromatic heterocycles. The first-order chi connectivity index (χ1) is 5.29. The highest BCUT2D eigenvalue weighted by molar-refractivity contribution is 9.09. The normalized spacial score (nSPS) is 21.1. The number of aromatic nitrogens is 2. The van der Waals surface area contributed by atoms with Crippen molar-refractivity contribution in [3.8, 4) is 0 Å². The number of nitrogens with zero attached hydrogens (tertiary/aromatic N) is 2. The number of halogens is 2. The van der Waals surface area contributed by atoms with Crippen LogP contribution in [0, 0.1) is 0 Å². The van der Waals surface area contributed by atoms with Gasteiger partial charge in [0.2, 0.25) is 0 Å². The molecule has 1 aliphatic heterocycles. The lowest BCUT2D eigenvalue weighted by molar-refractivity contribution is 0.848. The standard InChI is InChI=1S/C5H4BrClN4/c6-3-2-4(7)8-1-9-5(2)11-10-3/h1,3,10H,(H,8,9,11). The van der Waals surface area contributed by atoms with Gasteiger partial charge in [0.05, 0.1) is 5.56 Å². The Morgan fingerprint density at radius 3 is 3.09 bits per heavy atom. The van der Waals surface area contributed by atoms with Crippen molar-refractivity contribution >= 4 is 33.3 Å². The summed E-state index contributed by atoms with van der Waals surface area (Å²) in [5.41, 5.74) is 6.62. The van der Waals surface area contributed by atoms with Crippen LogP contribution < -0.4 is 10.9 Å². The second-order valence-corrected chi connectivity index (χ2v) is 3.33. The molecule has 2 rings (SSSR count). The van der Waals surface area contributed by atoms with Crippen LogP contribution in [0.4, 0.5) is 5.82 Å². The zero-order valence-corrected chi connectivity index (χ0v) is 7.65. The fourth-order valence-corrected chi connectivity index (χ4v) is 1.82. The molecule has 2 N–H and O–H groups in total. The molecule has 0 fully saturated rings. The third-order valence-corrected chi connectivity index (χ3v) is 2.39. The first-order valence-electron chi connectivity index (χ1n) is 2.95. The van der Waals surface area contributed by atoms with Crippen molar-refractivity contribution in [2.45, 2.75) is 4.95 Å². The van der Waals surface area contributed by atoms with Gasteiger partial charge in [-0.1, -0.05) is 27.5 Å². The number of hydrogen-bond acceptors (Lipinski definition) is 4. The lowest BCUT2D eigenvalue weighted by Crippen LogP contribution is -2.13. The van der Waals surface area contributed by atoms with Crippen molar-refractivity contribution in [1.29, 1.82) is 0 Å². The fraction of sp³-hybridized carbons (Fsp3) is 0.200. The predicted molar refractivity (Wildman–Crippen MR) is 45.5 cm³/mol. The summed E-state index contributed by atoms with van der Waals surface area (Å²) in [6, 6.07) is 0. The molecule has 0 aliphatic carbocycles. The van der Waals surface area contributed by atoms with Gasteiger partial charge in [0, 0.05) is 0 Å². The van der Waals surface area contributed by atoms with Gasteiger partial charge < -0.3 is 5.43 Å². The summed E-state index contributed by atoms with van der Waals surface area (Å²) >= 11 is 9.15. The predicted octanol–water partition coefficient (Wildman–Crippen LogP) is 1.45. The van der Waals surface area contributed by atoms with E-state index in [1.165, 1.54) is 6.33 Å². The molecule has 0 bridgehead atoms. The van der Waals surface area contributed by atoms with Crippen molar-refractivity contribution in [2.24, 2.45) is 0 Å². The van der Waals surface area contributed by atoms with Crippen LogP contribution in [0.3, 0.4) is 0 Å². The molecule has 1 aliphatic rings. The van der Waals surface area contributed by atoms with Crippen molar-refractivity contribution in [3.63, 3.8) is 0 Å². The Labute approximate surface area is 76.5 Å². The van der Waals surface area contributed by atoms with Crippen molar-refractivity contribution in [3.05, 3.63) is 17.0 Å². The quantitative estimate of drug-likeness (QED) is 0.406. The Kier molecular flexibility index (Phi) is 1.71. The minimum Gasteiger partial charge on any atom is -0.304 e. The van der Waals surface area contributed by atoms with Crippen LogP contribution in [-0.4, -0.2) is 9.97 Å². The Morgan fingerprint density at radius 2 is 2.36 bits per heavy atom. The fourth-order valence-electron chi connectivity index (χ4n) is 0.902. The molecule has 0 saturated heterocycles. The van der Waals surface area contributed by atoms with Gasteiger partial charge >= 0.3 is 0 Å². The molecule has 0 amide bonds. The summed E-state index contributed by atoms with van der Waals surface area (Å²) in [7, 11) is 0. The lowest BCUT2D eigenvalue weighted by Gasteiger charge is -1.99. The zero-order valence-electron chi connectivity index (χ0n) is 5.31. The van der Waals surface area contributed by atoms with Gasteiger partial charge in [0.1, 0.15) is 16.4 Å². The third-order valence-electron chi connectivity index (χ3n) is 1.41. The molecular formula is C5H4BrClN4. The number of anilines is 1. The van der Waals surface area contributed by atoms with Crippen LogP contribution in [0.15, 0.2) is 6.33 Å². The Balaban J connectivity index is 2.58. The van der Waals surface area contributed by atoms with E-state index in [0.29, 0.717) is 5.15 Å². The Bertz CT molecular complexity index is 292. The summed E-state index contributed by atoms with van der Waals surface area (Å²) in [5, 5.41) is 0.467. The molecule has 1 unspecified atom stereocenters. The minimum atomic E-state index is -0.00815. The van der Waals surface area contributed by atoms with E-state index in [9.17, 15) is 0 Å². The van der Waals surface area contributed by atoms with E-state index in [1.54, 1.807) is 0 Å². The van der Waals surface area contributed by atoms with Gasteiger partial charge in [-0.05, 0) is 0 Å². The zero-order chi connectivity index (χ0) is 7.84. The maximum atomic E-state index is 5.80. The van der Waals surface area contributed by atoms with Gasteiger partial charge in [0.25, 0.3) is 0 Å². The van der Waals surface area contributed by atoms with E-state index in [0.717, 1.165) is 11.4 Å². The van der Waals surface area contributed by atoms with Gasteiger partial charge in [-0.3, -0.25) is 0 Å². The molecule has 0 spiro atoms. The summed E-state index contributed by atoms with van der Waals surface area (Å²) in [6.07, 6.45) is 1.42. The van der Waals surface area contributed by atoms with E-state index in [2.05, 4.69) is 36.7 Å². The molecule has 1 atom stereocenters. The van der Waals surface area contributed by atoms with Crippen LogP contribution in [0.1, 0.15) is 10.5 Å². The van der Waals surface area contributed by atoms with Gasteiger partial charge in [-0.2, -0.15) is 0 Å². The molecule has 2 heterocycles. The molecule has 1 aromatic rings. The summed E-state index contributed by atoms with van der Waals surface area (Å²) < 4.78 is 0. The summed E-state index contributed by atoms with van der Waals surface area (Å²) in [6.45, 7) is 0. The molecule has 58 valence electrons. The smallest absolute Gasteiger partial charge is 0.150 e. The van der Waals surface area contributed by atoms with Crippen molar-refractivity contribution < 1.29 is 0 Å². The molecule has 0 aromatic carbocycles. The number of alkyl halides is 1. The van der Waals surface area contributed by atoms with Gasteiger partial charge in [0.15, 0.2) is 5.82 Å². The summed E-state index contributed by atoms with van der Waals surface area (Å²) in [4.78, 5) is 7.81. The number of hydrogen-bond donors (Lipinski definition) is 2. The number of nitrogens with one attached hydrogen (secondary N) is 2. The van der Waals surface area contributed by atoms with Crippen molar-refractivity contribution in [1.82, 2.24) is 15.4 Å². The largest absolute Gasteiger partial charge is 0.304 e. The minimum absolute atomic E-state index is 0.00815. The van der Waals surface area contributed by atoms with Crippen LogP contribution in [-0.2, 0) is 0 Å². The van der Waals surface area contributed by atoms with E-state index in [4.69, 9.17) is 11.6 Å². The van der Waals surface area contributed by atoms with Crippen molar-refractivity contribution in [2.75, 3.05) is 5.43 Å². The molecule has 0 radical (unpaired) electrons. The van der Waals surface area contributed by atoms with E-state index in [1.807, 2.05) is 0 Å². The molecule has 11 heavy (non-hydrogen) atoms. The molecule has 6 heteroatoms.